The molecule has 1 aromatic carbocycles. The minimum Gasteiger partial charge on any atom is -0.443 e. The summed E-state index contributed by atoms with van der Waals surface area (Å²) >= 11 is 0. The van der Waals surface area contributed by atoms with Crippen LogP contribution in [0.4, 0.5) is 0 Å². The van der Waals surface area contributed by atoms with Gasteiger partial charge < -0.3 is 4.74 Å². The van der Waals surface area contributed by atoms with Gasteiger partial charge in [0.1, 0.15) is 0 Å². The first kappa shape index (κ1) is 12.3. The molecule has 2 heteroatoms. The summed E-state index contributed by atoms with van der Waals surface area (Å²) in [6, 6.07) is 8.95. The van der Waals surface area contributed by atoms with Gasteiger partial charge in [-0.2, -0.15) is 0 Å². The number of hydrogen-bond donors (Lipinski definition) is 0. The number of benzene rings is 1. The summed E-state index contributed by atoms with van der Waals surface area (Å²) in [4.78, 5) is 11.8. The molecular weight excluding hydrogens is 200 g/mol. The fraction of sp³-hybridized carbons (Fsp3) is 0.357. The summed E-state index contributed by atoms with van der Waals surface area (Å²) in [6.45, 7) is 5.51. The van der Waals surface area contributed by atoms with Crippen molar-refractivity contribution >= 4 is 5.97 Å². The summed E-state index contributed by atoms with van der Waals surface area (Å²) in [5, 5.41) is 0. The van der Waals surface area contributed by atoms with E-state index in [0.717, 1.165) is 0 Å². The van der Waals surface area contributed by atoms with Gasteiger partial charge >= 0.3 is 5.97 Å². The molecule has 1 aromatic rings. The van der Waals surface area contributed by atoms with Gasteiger partial charge in [-0.1, -0.05) is 31.0 Å². The molecule has 84 valence electrons. The smallest absolute Gasteiger partial charge is 0.339 e. The lowest BCUT2D eigenvalue weighted by atomic mass is 10.0. The largest absolute Gasteiger partial charge is 0.443 e. The number of ether oxygens (including phenoxy) is 1. The number of rotatable bonds is 3. The molecule has 0 aromatic heterocycles. The van der Waals surface area contributed by atoms with Crippen molar-refractivity contribution in [1.29, 1.82) is 0 Å². The Hall–Kier alpha value is -1.75. The van der Waals surface area contributed by atoms with Crippen molar-refractivity contribution in [3.05, 3.63) is 35.9 Å². The maximum Gasteiger partial charge on any atom is 0.339 e. The Labute approximate surface area is 96.6 Å². The van der Waals surface area contributed by atoms with Gasteiger partial charge in [0.05, 0.1) is 5.56 Å². The van der Waals surface area contributed by atoms with Crippen molar-refractivity contribution in [3.63, 3.8) is 0 Å². The molecule has 2 nitrogen and oxygen atoms in total. The van der Waals surface area contributed by atoms with Gasteiger partial charge in [0.25, 0.3) is 0 Å². The molecule has 0 radical (unpaired) electrons. The predicted molar refractivity (Wildman–Crippen MR) is 64.0 cm³/mol. The Morgan fingerprint density at radius 1 is 1.38 bits per heavy atom. The van der Waals surface area contributed by atoms with Gasteiger partial charge in [-0.3, -0.25) is 0 Å². The normalized spacial score (nSPS) is 13.2. The quantitative estimate of drug-likeness (QED) is 0.573. The van der Waals surface area contributed by atoms with E-state index in [4.69, 9.17) is 4.74 Å². The van der Waals surface area contributed by atoms with Crippen molar-refractivity contribution in [2.45, 2.75) is 32.8 Å². The molecular formula is C14H16O2. The Kier molecular flexibility index (Phi) is 4.13. The van der Waals surface area contributed by atoms with E-state index in [2.05, 4.69) is 11.8 Å². The molecule has 0 saturated carbocycles. The summed E-state index contributed by atoms with van der Waals surface area (Å²) in [5.74, 6) is 5.38. The highest BCUT2D eigenvalue weighted by molar-refractivity contribution is 5.89. The van der Waals surface area contributed by atoms with E-state index in [1.807, 2.05) is 32.0 Å². The summed E-state index contributed by atoms with van der Waals surface area (Å²) < 4.78 is 5.40. The maximum absolute atomic E-state index is 11.8. The number of carbonyl (C=O) groups is 1. The number of carbonyl (C=O) groups excluding carboxylic acids is 1. The molecule has 0 fully saturated rings. The topological polar surface area (TPSA) is 26.3 Å². The van der Waals surface area contributed by atoms with E-state index in [1.165, 1.54) is 0 Å². The van der Waals surface area contributed by atoms with Gasteiger partial charge in [0.15, 0.2) is 5.60 Å². The van der Waals surface area contributed by atoms with Gasteiger partial charge in [-0.15, -0.1) is 5.92 Å². The average molecular weight is 216 g/mol. The Morgan fingerprint density at radius 3 is 2.50 bits per heavy atom. The van der Waals surface area contributed by atoms with Crippen LogP contribution < -0.4 is 0 Å². The highest BCUT2D eigenvalue weighted by Crippen LogP contribution is 2.16. The molecule has 0 saturated heterocycles. The predicted octanol–water partition coefficient (Wildman–Crippen LogP) is 3.04. The molecule has 0 aliphatic carbocycles. The highest BCUT2D eigenvalue weighted by atomic mass is 16.6. The van der Waals surface area contributed by atoms with Crippen LogP contribution in [0.2, 0.25) is 0 Å². The van der Waals surface area contributed by atoms with E-state index in [0.29, 0.717) is 12.0 Å². The second-order valence-corrected chi connectivity index (χ2v) is 3.71. The SMILES string of the molecule is CC#CC(C)(CC)OC(=O)c1ccccc1. The highest BCUT2D eigenvalue weighted by Gasteiger charge is 2.24. The van der Waals surface area contributed by atoms with Crippen LogP contribution in [0.3, 0.4) is 0 Å². The molecule has 0 aliphatic heterocycles. The molecule has 0 aliphatic rings. The lowest BCUT2D eigenvalue weighted by Crippen LogP contribution is -2.29. The third-order valence-electron chi connectivity index (χ3n) is 2.39. The first-order valence-electron chi connectivity index (χ1n) is 5.33. The fourth-order valence-electron chi connectivity index (χ4n) is 1.29. The Bertz CT molecular complexity index is 411. The summed E-state index contributed by atoms with van der Waals surface area (Å²) in [6.07, 6.45) is 0.673. The second-order valence-electron chi connectivity index (χ2n) is 3.71. The van der Waals surface area contributed by atoms with Crippen LogP contribution in [0, 0.1) is 11.8 Å². The van der Waals surface area contributed by atoms with Crippen molar-refractivity contribution in [3.8, 4) is 11.8 Å². The first-order chi connectivity index (χ1) is 7.61. The lowest BCUT2D eigenvalue weighted by Gasteiger charge is -2.22. The zero-order valence-electron chi connectivity index (χ0n) is 9.91. The number of esters is 1. The Balaban J connectivity index is 2.80. The minimum absolute atomic E-state index is 0.326. The zero-order valence-corrected chi connectivity index (χ0v) is 9.91. The molecule has 0 amide bonds. The molecule has 0 N–H and O–H groups in total. The molecule has 1 rings (SSSR count). The fourth-order valence-corrected chi connectivity index (χ4v) is 1.29. The molecule has 0 heterocycles. The monoisotopic (exact) mass is 216 g/mol. The van der Waals surface area contributed by atoms with Crippen LogP contribution in [0.15, 0.2) is 30.3 Å². The molecule has 16 heavy (non-hydrogen) atoms. The van der Waals surface area contributed by atoms with Gasteiger partial charge in [0, 0.05) is 0 Å². The van der Waals surface area contributed by atoms with Crippen molar-refractivity contribution in [1.82, 2.24) is 0 Å². The van der Waals surface area contributed by atoms with Crippen LogP contribution in [-0.2, 0) is 4.74 Å². The average Bonchev–Trinajstić information content (AvgIpc) is 2.30. The van der Waals surface area contributed by atoms with Crippen molar-refractivity contribution in [2.24, 2.45) is 0 Å². The first-order valence-corrected chi connectivity index (χ1v) is 5.33. The maximum atomic E-state index is 11.8. The van der Waals surface area contributed by atoms with Crippen molar-refractivity contribution in [2.75, 3.05) is 0 Å². The zero-order chi connectivity index (χ0) is 12.0. The molecule has 1 unspecified atom stereocenters. The Morgan fingerprint density at radius 2 is 2.00 bits per heavy atom. The van der Waals surface area contributed by atoms with E-state index in [1.54, 1.807) is 19.1 Å². The van der Waals surface area contributed by atoms with Crippen LogP contribution in [0.1, 0.15) is 37.6 Å². The minimum atomic E-state index is -0.693. The molecule has 1 atom stereocenters. The summed E-state index contributed by atoms with van der Waals surface area (Å²) in [7, 11) is 0. The third-order valence-corrected chi connectivity index (χ3v) is 2.39. The standard InChI is InChI=1S/C14H16O2/c1-4-11-14(3,5-2)16-13(15)12-9-7-6-8-10-12/h6-10H,5H2,1-3H3. The summed E-state index contributed by atoms with van der Waals surface area (Å²) in [5.41, 5.74) is -0.137. The molecule has 0 bridgehead atoms. The van der Waals surface area contributed by atoms with E-state index < -0.39 is 5.60 Å². The van der Waals surface area contributed by atoms with Crippen LogP contribution in [0.5, 0.6) is 0 Å². The van der Waals surface area contributed by atoms with Crippen LogP contribution >= 0.6 is 0 Å². The molecule has 0 spiro atoms. The van der Waals surface area contributed by atoms with Crippen LogP contribution in [-0.4, -0.2) is 11.6 Å². The van der Waals surface area contributed by atoms with Gasteiger partial charge in [0.2, 0.25) is 0 Å². The van der Waals surface area contributed by atoms with E-state index in [-0.39, 0.29) is 5.97 Å². The van der Waals surface area contributed by atoms with Crippen LogP contribution in [0.25, 0.3) is 0 Å². The van der Waals surface area contributed by atoms with Crippen molar-refractivity contribution < 1.29 is 9.53 Å². The van der Waals surface area contributed by atoms with E-state index in [9.17, 15) is 4.79 Å². The third kappa shape index (κ3) is 3.13. The number of hydrogen-bond acceptors (Lipinski definition) is 2. The second kappa shape index (κ2) is 5.37. The lowest BCUT2D eigenvalue weighted by molar-refractivity contribution is 0.0132. The van der Waals surface area contributed by atoms with E-state index >= 15 is 0 Å². The van der Waals surface area contributed by atoms with Gasteiger partial charge in [-0.05, 0) is 32.4 Å². The van der Waals surface area contributed by atoms with Gasteiger partial charge in [-0.25, -0.2) is 4.79 Å².